The van der Waals surface area contributed by atoms with E-state index in [2.05, 4.69) is 90.1 Å². The van der Waals surface area contributed by atoms with Gasteiger partial charge in [0.1, 0.15) is 0 Å². The Morgan fingerprint density at radius 1 is 1.05 bits per heavy atom. The summed E-state index contributed by atoms with van der Waals surface area (Å²) >= 11 is 3.46. The highest BCUT2D eigenvalue weighted by Gasteiger charge is 2.00. The molecule has 0 saturated heterocycles. The molecule has 0 spiro atoms. The Balaban J connectivity index is 2.32. The lowest BCUT2D eigenvalue weighted by Gasteiger charge is -2.05. The van der Waals surface area contributed by atoms with E-state index in [1.807, 2.05) is 0 Å². The minimum absolute atomic E-state index is 1.08. The molecule has 2 rings (SSSR count). The number of halogens is 1. The first-order chi connectivity index (χ1) is 10.2. The smallest absolute Gasteiger partial charge is 0.0175 e. The second kappa shape index (κ2) is 8.02. The van der Waals surface area contributed by atoms with Gasteiger partial charge in [-0.25, -0.2) is 0 Å². The molecule has 0 atom stereocenters. The Bertz CT molecular complexity index is 627. The van der Waals surface area contributed by atoms with Crippen molar-refractivity contribution in [1.82, 2.24) is 0 Å². The van der Waals surface area contributed by atoms with E-state index in [0.717, 1.165) is 10.9 Å². The van der Waals surface area contributed by atoms with Crippen LogP contribution >= 0.6 is 15.9 Å². The van der Waals surface area contributed by atoms with Crippen molar-refractivity contribution >= 4 is 27.6 Å². The third-order valence-electron chi connectivity index (χ3n) is 3.46. The standard InChI is InChI=1S/C20H21Br/c1-3-4-5-18(19-11-6-16(2)7-12-19)13-8-17-9-14-20(21)15-10-17/h6-12,14-15H,3-5H2,1-2H3. The molecule has 0 aliphatic carbocycles. The van der Waals surface area contributed by atoms with Crippen LogP contribution in [0.5, 0.6) is 0 Å². The highest BCUT2D eigenvalue weighted by Crippen LogP contribution is 2.21. The number of hydrogen-bond acceptors (Lipinski definition) is 0. The van der Waals surface area contributed by atoms with Crippen LogP contribution in [0.4, 0.5) is 0 Å². The molecular weight excluding hydrogens is 320 g/mol. The van der Waals surface area contributed by atoms with Crippen LogP contribution in [0.15, 0.2) is 58.7 Å². The molecule has 0 radical (unpaired) electrons. The van der Waals surface area contributed by atoms with Crippen LogP contribution in [0.3, 0.4) is 0 Å². The lowest BCUT2D eigenvalue weighted by atomic mass is 10.00. The third kappa shape index (κ3) is 5.04. The third-order valence-corrected chi connectivity index (χ3v) is 3.99. The molecule has 0 aliphatic rings. The summed E-state index contributed by atoms with van der Waals surface area (Å²) in [5.41, 5.74) is 8.55. The molecule has 0 amide bonds. The van der Waals surface area contributed by atoms with Gasteiger partial charge >= 0.3 is 0 Å². The van der Waals surface area contributed by atoms with Crippen molar-refractivity contribution in [2.75, 3.05) is 0 Å². The molecule has 0 bridgehead atoms. The van der Waals surface area contributed by atoms with Crippen molar-refractivity contribution in [3.63, 3.8) is 0 Å². The van der Waals surface area contributed by atoms with Crippen LogP contribution in [0.1, 0.15) is 42.9 Å². The summed E-state index contributed by atoms with van der Waals surface area (Å²) in [5.74, 6) is 0. The number of allylic oxidation sites excluding steroid dienone is 1. The highest BCUT2D eigenvalue weighted by atomic mass is 79.9. The first-order valence-corrected chi connectivity index (χ1v) is 8.26. The van der Waals surface area contributed by atoms with Crippen LogP contribution in [0.2, 0.25) is 0 Å². The molecule has 108 valence electrons. The quantitative estimate of drug-likeness (QED) is 0.535. The summed E-state index contributed by atoms with van der Waals surface area (Å²) < 4.78 is 1.10. The van der Waals surface area contributed by atoms with Gasteiger partial charge in [-0.1, -0.05) is 71.2 Å². The SMILES string of the molecule is CCCCC(=C=Cc1ccc(Br)cc1)c1ccc(C)cc1. The molecule has 0 saturated carbocycles. The Hall–Kier alpha value is -1.56. The van der Waals surface area contributed by atoms with Gasteiger partial charge in [0.25, 0.3) is 0 Å². The zero-order chi connectivity index (χ0) is 15.1. The average Bonchev–Trinajstić information content (AvgIpc) is 2.50. The Kier molecular flexibility index (Phi) is 6.04. The fourth-order valence-corrected chi connectivity index (χ4v) is 2.40. The van der Waals surface area contributed by atoms with Gasteiger partial charge in [0.05, 0.1) is 0 Å². The number of hydrogen-bond donors (Lipinski definition) is 0. The van der Waals surface area contributed by atoms with Crippen molar-refractivity contribution in [3.05, 3.63) is 75.4 Å². The maximum Gasteiger partial charge on any atom is 0.0175 e. The van der Waals surface area contributed by atoms with Crippen LogP contribution in [-0.2, 0) is 0 Å². The minimum atomic E-state index is 1.08. The van der Waals surface area contributed by atoms with Gasteiger partial charge in [-0.2, -0.15) is 0 Å². The van der Waals surface area contributed by atoms with E-state index in [-0.39, 0.29) is 0 Å². The predicted molar refractivity (Wildman–Crippen MR) is 96.2 cm³/mol. The lowest BCUT2D eigenvalue weighted by molar-refractivity contribution is 0.825. The molecule has 0 unspecified atom stereocenters. The maximum absolute atomic E-state index is 3.50. The van der Waals surface area contributed by atoms with Gasteiger partial charge in [-0.15, -0.1) is 5.73 Å². The van der Waals surface area contributed by atoms with E-state index in [1.54, 1.807) is 0 Å². The fraction of sp³-hybridized carbons (Fsp3) is 0.250. The van der Waals surface area contributed by atoms with Crippen molar-refractivity contribution in [3.8, 4) is 0 Å². The summed E-state index contributed by atoms with van der Waals surface area (Å²) in [5, 5.41) is 0. The van der Waals surface area contributed by atoms with E-state index in [0.29, 0.717) is 0 Å². The van der Waals surface area contributed by atoms with E-state index in [9.17, 15) is 0 Å². The topological polar surface area (TPSA) is 0 Å². The van der Waals surface area contributed by atoms with Gasteiger partial charge in [0, 0.05) is 10.0 Å². The van der Waals surface area contributed by atoms with Gasteiger partial charge in [0.2, 0.25) is 0 Å². The minimum Gasteiger partial charge on any atom is -0.116 e. The maximum atomic E-state index is 3.50. The molecule has 2 aromatic carbocycles. The largest absolute Gasteiger partial charge is 0.116 e. The Morgan fingerprint density at radius 2 is 1.71 bits per heavy atom. The zero-order valence-corrected chi connectivity index (χ0v) is 14.3. The number of benzene rings is 2. The zero-order valence-electron chi connectivity index (χ0n) is 12.7. The summed E-state index contributed by atoms with van der Waals surface area (Å²) in [6, 6.07) is 17.1. The van der Waals surface area contributed by atoms with Crippen LogP contribution in [0.25, 0.3) is 11.6 Å². The Morgan fingerprint density at radius 3 is 2.33 bits per heavy atom. The first-order valence-electron chi connectivity index (χ1n) is 7.47. The van der Waals surface area contributed by atoms with Crippen LogP contribution in [-0.4, -0.2) is 0 Å². The average molecular weight is 341 g/mol. The number of unbranched alkanes of at least 4 members (excludes halogenated alkanes) is 1. The molecule has 0 nitrogen and oxygen atoms in total. The summed E-state index contributed by atoms with van der Waals surface area (Å²) in [6.45, 7) is 4.35. The molecule has 21 heavy (non-hydrogen) atoms. The molecular formula is C20H21Br. The highest BCUT2D eigenvalue weighted by molar-refractivity contribution is 9.10. The summed E-state index contributed by atoms with van der Waals surface area (Å²) in [7, 11) is 0. The van der Waals surface area contributed by atoms with Crippen LogP contribution < -0.4 is 0 Å². The molecule has 0 heterocycles. The van der Waals surface area contributed by atoms with Gasteiger partial charge < -0.3 is 0 Å². The molecule has 2 aromatic rings. The second-order valence-corrected chi connectivity index (χ2v) is 6.20. The van der Waals surface area contributed by atoms with Crippen molar-refractivity contribution in [2.45, 2.75) is 33.1 Å². The van der Waals surface area contributed by atoms with Crippen molar-refractivity contribution < 1.29 is 0 Å². The second-order valence-electron chi connectivity index (χ2n) is 5.29. The monoisotopic (exact) mass is 340 g/mol. The first kappa shape index (κ1) is 15.8. The predicted octanol–water partition coefficient (Wildman–Crippen LogP) is 6.64. The van der Waals surface area contributed by atoms with Crippen molar-refractivity contribution in [1.29, 1.82) is 0 Å². The summed E-state index contributed by atoms with van der Waals surface area (Å²) in [6.07, 6.45) is 5.56. The normalized spacial score (nSPS) is 10.0. The molecule has 0 aromatic heterocycles. The van der Waals surface area contributed by atoms with E-state index < -0.39 is 0 Å². The van der Waals surface area contributed by atoms with E-state index in [1.165, 1.54) is 35.1 Å². The number of aryl methyl sites for hydroxylation is 1. The van der Waals surface area contributed by atoms with Gasteiger partial charge in [0.15, 0.2) is 0 Å². The Labute approximate surface area is 136 Å². The molecule has 0 N–H and O–H groups in total. The lowest BCUT2D eigenvalue weighted by Crippen LogP contribution is -1.84. The van der Waals surface area contributed by atoms with Gasteiger partial charge in [-0.3, -0.25) is 0 Å². The molecule has 0 fully saturated rings. The van der Waals surface area contributed by atoms with E-state index >= 15 is 0 Å². The van der Waals surface area contributed by atoms with E-state index in [4.69, 9.17) is 0 Å². The number of rotatable bonds is 5. The van der Waals surface area contributed by atoms with Gasteiger partial charge in [-0.05, 0) is 49.1 Å². The van der Waals surface area contributed by atoms with Crippen molar-refractivity contribution in [2.24, 2.45) is 0 Å². The van der Waals surface area contributed by atoms with Crippen LogP contribution in [0, 0.1) is 6.92 Å². The fourth-order valence-electron chi connectivity index (χ4n) is 2.14. The molecule has 1 heteroatoms. The summed E-state index contributed by atoms with van der Waals surface area (Å²) in [4.78, 5) is 0. The molecule has 0 aliphatic heterocycles.